The van der Waals surface area contributed by atoms with Crippen molar-refractivity contribution in [2.75, 3.05) is 0 Å². The smallest absolute Gasteiger partial charge is 0.159 e. The lowest BCUT2D eigenvalue weighted by Gasteiger charge is -2.11. The van der Waals surface area contributed by atoms with Crippen molar-refractivity contribution in [3.63, 3.8) is 0 Å². The van der Waals surface area contributed by atoms with E-state index in [2.05, 4.69) is 4.98 Å². The van der Waals surface area contributed by atoms with Crippen LogP contribution in [0.3, 0.4) is 0 Å². The van der Waals surface area contributed by atoms with Crippen molar-refractivity contribution in [2.24, 2.45) is 0 Å². The third kappa shape index (κ3) is 2.85. The normalized spacial score (nSPS) is 12.4. The van der Waals surface area contributed by atoms with Crippen LogP contribution in [-0.2, 0) is 6.42 Å². The fraction of sp³-hybridized carbons (Fsp3) is 0.154. The van der Waals surface area contributed by atoms with E-state index in [1.165, 1.54) is 6.07 Å². The van der Waals surface area contributed by atoms with Gasteiger partial charge in [0.15, 0.2) is 11.6 Å². The average molecular weight is 235 g/mol. The quantitative estimate of drug-likeness (QED) is 0.887. The zero-order valence-electron chi connectivity index (χ0n) is 8.98. The molecule has 0 aliphatic carbocycles. The van der Waals surface area contributed by atoms with Gasteiger partial charge in [-0.05, 0) is 29.3 Å². The van der Waals surface area contributed by atoms with Crippen LogP contribution in [0, 0.1) is 11.6 Å². The molecule has 0 saturated heterocycles. The minimum absolute atomic E-state index is 0.318. The zero-order chi connectivity index (χ0) is 12.3. The van der Waals surface area contributed by atoms with Crippen LogP contribution in [0.1, 0.15) is 17.2 Å². The molecule has 2 rings (SSSR count). The number of hydrogen-bond acceptors (Lipinski definition) is 2. The van der Waals surface area contributed by atoms with E-state index in [1.807, 2.05) is 6.07 Å². The molecule has 1 aromatic carbocycles. The van der Waals surface area contributed by atoms with E-state index in [9.17, 15) is 13.9 Å². The maximum Gasteiger partial charge on any atom is 0.159 e. The van der Waals surface area contributed by atoms with Gasteiger partial charge >= 0.3 is 0 Å². The highest BCUT2D eigenvalue weighted by Crippen LogP contribution is 2.19. The van der Waals surface area contributed by atoms with Gasteiger partial charge in [0.05, 0.1) is 6.10 Å². The fourth-order valence-corrected chi connectivity index (χ4v) is 1.58. The summed E-state index contributed by atoms with van der Waals surface area (Å²) in [6.07, 6.45) is 2.71. The van der Waals surface area contributed by atoms with Crippen molar-refractivity contribution in [1.82, 2.24) is 4.98 Å². The highest BCUT2D eigenvalue weighted by Gasteiger charge is 2.11. The van der Waals surface area contributed by atoms with E-state index in [0.717, 1.165) is 17.7 Å². The summed E-state index contributed by atoms with van der Waals surface area (Å²) in [4.78, 5) is 3.92. The van der Waals surface area contributed by atoms with Crippen molar-refractivity contribution in [3.05, 3.63) is 65.5 Å². The minimum Gasteiger partial charge on any atom is -0.388 e. The number of nitrogens with zero attached hydrogens (tertiary/aromatic N) is 1. The molecule has 1 aromatic heterocycles. The van der Waals surface area contributed by atoms with E-state index in [4.69, 9.17) is 0 Å². The lowest BCUT2D eigenvalue weighted by Crippen LogP contribution is -2.03. The topological polar surface area (TPSA) is 33.1 Å². The standard InChI is InChI=1S/C13H11F2NO/c14-11-4-3-10(7-12(11)15)13(17)6-9-2-1-5-16-8-9/h1-5,7-8,13,17H,6H2. The predicted octanol–water partition coefficient (Wildman–Crippen LogP) is 2.64. The van der Waals surface area contributed by atoms with Crippen molar-refractivity contribution >= 4 is 0 Å². The van der Waals surface area contributed by atoms with Crippen molar-refractivity contribution in [3.8, 4) is 0 Å². The second kappa shape index (κ2) is 5.01. The van der Waals surface area contributed by atoms with Crippen molar-refractivity contribution in [2.45, 2.75) is 12.5 Å². The maximum atomic E-state index is 13.0. The summed E-state index contributed by atoms with van der Waals surface area (Å²) in [5.41, 5.74) is 1.19. The molecule has 0 fully saturated rings. The summed E-state index contributed by atoms with van der Waals surface area (Å²) in [6, 6.07) is 6.97. The van der Waals surface area contributed by atoms with Gasteiger partial charge in [-0.25, -0.2) is 8.78 Å². The van der Waals surface area contributed by atoms with E-state index in [0.29, 0.717) is 12.0 Å². The van der Waals surface area contributed by atoms with Gasteiger partial charge in [-0.3, -0.25) is 4.98 Å². The van der Waals surface area contributed by atoms with Crippen LogP contribution in [0.25, 0.3) is 0 Å². The molecule has 0 amide bonds. The van der Waals surface area contributed by atoms with Crippen LogP contribution in [0.2, 0.25) is 0 Å². The van der Waals surface area contributed by atoms with Crippen LogP contribution >= 0.6 is 0 Å². The zero-order valence-corrected chi connectivity index (χ0v) is 8.98. The third-order valence-corrected chi connectivity index (χ3v) is 2.48. The second-order valence-corrected chi connectivity index (χ2v) is 3.75. The number of halogens is 2. The van der Waals surface area contributed by atoms with Gasteiger partial charge in [0.2, 0.25) is 0 Å². The number of aliphatic hydroxyl groups excluding tert-OH is 1. The summed E-state index contributed by atoms with van der Waals surface area (Å²) in [7, 11) is 0. The first-order chi connectivity index (χ1) is 8.16. The predicted molar refractivity (Wildman–Crippen MR) is 59.3 cm³/mol. The van der Waals surface area contributed by atoms with Gasteiger partial charge in [0.1, 0.15) is 0 Å². The maximum absolute atomic E-state index is 13.0. The molecule has 0 spiro atoms. The van der Waals surface area contributed by atoms with E-state index >= 15 is 0 Å². The monoisotopic (exact) mass is 235 g/mol. The lowest BCUT2D eigenvalue weighted by atomic mass is 10.0. The molecule has 0 aliphatic heterocycles. The molecule has 1 atom stereocenters. The number of pyridine rings is 1. The molecule has 0 bridgehead atoms. The van der Waals surface area contributed by atoms with Gasteiger partial charge < -0.3 is 5.11 Å². The van der Waals surface area contributed by atoms with Gasteiger partial charge in [0.25, 0.3) is 0 Å². The SMILES string of the molecule is OC(Cc1cccnc1)c1ccc(F)c(F)c1. The molecule has 17 heavy (non-hydrogen) atoms. The molecule has 0 radical (unpaired) electrons. The van der Waals surface area contributed by atoms with E-state index in [1.54, 1.807) is 18.5 Å². The van der Waals surface area contributed by atoms with Crippen LogP contribution in [0.15, 0.2) is 42.7 Å². The van der Waals surface area contributed by atoms with Crippen molar-refractivity contribution < 1.29 is 13.9 Å². The van der Waals surface area contributed by atoms with Crippen LogP contribution in [0.4, 0.5) is 8.78 Å². The molecule has 2 aromatic rings. The fourth-order valence-electron chi connectivity index (χ4n) is 1.58. The van der Waals surface area contributed by atoms with Gasteiger partial charge in [-0.1, -0.05) is 12.1 Å². The highest BCUT2D eigenvalue weighted by molar-refractivity contribution is 5.22. The summed E-state index contributed by atoms with van der Waals surface area (Å²) >= 11 is 0. The molecule has 1 unspecified atom stereocenters. The Balaban J connectivity index is 2.14. The van der Waals surface area contributed by atoms with Crippen LogP contribution in [-0.4, -0.2) is 10.1 Å². The summed E-state index contributed by atoms with van der Waals surface area (Å²) in [5, 5.41) is 9.87. The molecule has 1 heterocycles. The molecule has 1 N–H and O–H groups in total. The Labute approximate surface area is 97.6 Å². The number of rotatable bonds is 3. The van der Waals surface area contributed by atoms with Crippen molar-refractivity contribution in [1.29, 1.82) is 0 Å². The Bertz CT molecular complexity index is 502. The third-order valence-electron chi connectivity index (χ3n) is 2.48. The van der Waals surface area contributed by atoms with E-state index < -0.39 is 17.7 Å². The molecular weight excluding hydrogens is 224 g/mol. The molecule has 2 nitrogen and oxygen atoms in total. The van der Waals surface area contributed by atoms with Gasteiger partial charge in [-0.2, -0.15) is 0 Å². The second-order valence-electron chi connectivity index (χ2n) is 3.75. The van der Waals surface area contributed by atoms with Gasteiger partial charge in [-0.15, -0.1) is 0 Å². The lowest BCUT2D eigenvalue weighted by molar-refractivity contribution is 0.177. The summed E-state index contributed by atoms with van der Waals surface area (Å²) in [5.74, 6) is -1.87. The Morgan fingerprint density at radius 3 is 2.65 bits per heavy atom. The first kappa shape index (κ1) is 11.7. The molecular formula is C13H11F2NO. The summed E-state index contributed by atoms with van der Waals surface area (Å²) < 4.78 is 25.7. The number of aliphatic hydroxyl groups is 1. The van der Waals surface area contributed by atoms with Crippen LogP contribution < -0.4 is 0 Å². The largest absolute Gasteiger partial charge is 0.388 e. The van der Waals surface area contributed by atoms with Gasteiger partial charge in [0, 0.05) is 18.8 Å². The Kier molecular flexibility index (Phi) is 3.44. The number of aromatic nitrogens is 1. The average Bonchev–Trinajstić information content (AvgIpc) is 2.34. The molecule has 4 heteroatoms. The number of hydrogen-bond donors (Lipinski definition) is 1. The summed E-state index contributed by atoms with van der Waals surface area (Å²) in [6.45, 7) is 0. The Hall–Kier alpha value is -1.81. The highest BCUT2D eigenvalue weighted by atomic mass is 19.2. The van der Waals surface area contributed by atoms with Crippen LogP contribution in [0.5, 0.6) is 0 Å². The molecule has 0 saturated carbocycles. The number of benzene rings is 1. The van der Waals surface area contributed by atoms with E-state index in [-0.39, 0.29) is 0 Å². The first-order valence-corrected chi connectivity index (χ1v) is 5.19. The Morgan fingerprint density at radius 1 is 1.18 bits per heavy atom. The molecule has 0 aliphatic rings. The Morgan fingerprint density at radius 2 is 2.00 bits per heavy atom. The first-order valence-electron chi connectivity index (χ1n) is 5.19. The molecule has 88 valence electrons. The minimum atomic E-state index is -0.951.